The second kappa shape index (κ2) is 5.63. The zero-order valence-corrected chi connectivity index (χ0v) is 11.1. The number of nitrogens with zero attached hydrogens (tertiary/aromatic N) is 2. The van der Waals surface area contributed by atoms with Gasteiger partial charge >= 0.3 is 0 Å². The van der Waals surface area contributed by atoms with Crippen molar-refractivity contribution in [1.29, 1.82) is 0 Å². The molecule has 1 heterocycles. The molecule has 0 spiro atoms. The molecule has 0 radical (unpaired) electrons. The van der Waals surface area contributed by atoms with Crippen LogP contribution in [-0.2, 0) is 0 Å². The van der Waals surface area contributed by atoms with Crippen LogP contribution >= 0.6 is 0 Å². The summed E-state index contributed by atoms with van der Waals surface area (Å²) in [5.74, 6) is 6.33. The van der Waals surface area contributed by atoms with Crippen LogP contribution in [0.15, 0.2) is 12.4 Å². The number of nitrogens with two attached hydrogens (primary N) is 1. The molecule has 1 aliphatic rings. The fourth-order valence-electron chi connectivity index (χ4n) is 2.95. The van der Waals surface area contributed by atoms with Crippen molar-refractivity contribution in [3.05, 3.63) is 18.1 Å². The van der Waals surface area contributed by atoms with Gasteiger partial charge in [0.05, 0.1) is 13.2 Å². The molecule has 0 aliphatic heterocycles. The predicted octanol–water partition coefficient (Wildman–Crippen LogP) is 1.96. The predicted molar refractivity (Wildman–Crippen MR) is 69.8 cm³/mol. The van der Waals surface area contributed by atoms with Crippen molar-refractivity contribution in [3.8, 4) is 5.88 Å². The summed E-state index contributed by atoms with van der Waals surface area (Å²) in [6.45, 7) is 2.27. The Morgan fingerprint density at radius 3 is 2.56 bits per heavy atom. The molecule has 0 aromatic carbocycles. The highest BCUT2D eigenvalue weighted by atomic mass is 16.5. The molecule has 0 bridgehead atoms. The Labute approximate surface area is 108 Å². The van der Waals surface area contributed by atoms with Crippen LogP contribution in [0.5, 0.6) is 5.88 Å². The third-order valence-electron chi connectivity index (χ3n) is 4.02. The van der Waals surface area contributed by atoms with Crippen LogP contribution in [0.25, 0.3) is 0 Å². The summed E-state index contributed by atoms with van der Waals surface area (Å²) in [5.41, 5.74) is 3.85. The third-order valence-corrected chi connectivity index (χ3v) is 4.02. The number of methoxy groups -OCH3 is 1. The average Bonchev–Trinajstić information content (AvgIpc) is 2.40. The van der Waals surface area contributed by atoms with Gasteiger partial charge in [0, 0.05) is 12.4 Å². The molecular weight excluding hydrogens is 228 g/mol. The van der Waals surface area contributed by atoms with Crippen LogP contribution in [0, 0.1) is 5.41 Å². The lowest BCUT2D eigenvalue weighted by atomic mass is 9.70. The molecule has 2 rings (SSSR count). The van der Waals surface area contributed by atoms with Gasteiger partial charge in [-0.3, -0.25) is 16.3 Å². The van der Waals surface area contributed by atoms with Crippen molar-refractivity contribution < 1.29 is 4.74 Å². The van der Waals surface area contributed by atoms with Crippen LogP contribution in [0.4, 0.5) is 0 Å². The fourth-order valence-corrected chi connectivity index (χ4v) is 2.95. The summed E-state index contributed by atoms with van der Waals surface area (Å²) in [6.07, 6.45) is 9.44. The normalized spacial score (nSPS) is 20.4. The maximum atomic E-state index is 5.77. The largest absolute Gasteiger partial charge is 0.480 e. The van der Waals surface area contributed by atoms with Gasteiger partial charge in [-0.25, -0.2) is 4.98 Å². The van der Waals surface area contributed by atoms with Gasteiger partial charge in [0.25, 0.3) is 0 Å². The molecule has 0 amide bonds. The number of hydrogen-bond acceptors (Lipinski definition) is 5. The SMILES string of the molecule is COc1nccnc1C(NN)C1(C)CCCCC1. The van der Waals surface area contributed by atoms with Crippen LogP contribution in [0.1, 0.15) is 50.8 Å². The molecule has 0 saturated heterocycles. The Balaban J connectivity index is 2.32. The smallest absolute Gasteiger partial charge is 0.237 e. The van der Waals surface area contributed by atoms with E-state index in [0.717, 1.165) is 18.5 Å². The monoisotopic (exact) mass is 250 g/mol. The van der Waals surface area contributed by atoms with Gasteiger partial charge in [-0.05, 0) is 18.3 Å². The van der Waals surface area contributed by atoms with Gasteiger partial charge < -0.3 is 4.74 Å². The minimum absolute atomic E-state index is 0.0125. The lowest BCUT2D eigenvalue weighted by Gasteiger charge is -2.40. The van der Waals surface area contributed by atoms with E-state index in [0.29, 0.717) is 5.88 Å². The fraction of sp³-hybridized carbons (Fsp3) is 0.692. The number of nitrogens with one attached hydrogen (secondary N) is 1. The molecule has 1 aromatic heterocycles. The Hall–Kier alpha value is -1.20. The summed E-state index contributed by atoms with van der Waals surface area (Å²) in [7, 11) is 1.62. The zero-order chi connectivity index (χ0) is 13.0. The quantitative estimate of drug-likeness (QED) is 0.631. The molecule has 1 atom stereocenters. The highest BCUT2D eigenvalue weighted by Gasteiger charge is 2.38. The average molecular weight is 250 g/mol. The molecule has 1 fully saturated rings. The van der Waals surface area contributed by atoms with Crippen LogP contribution in [0.2, 0.25) is 0 Å². The molecule has 3 N–H and O–H groups in total. The van der Waals surface area contributed by atoms with Gasteiger partial charge in [0.1, 0.15) is 5.69 Å². The van der Waals surface area contributed by atoms with E-state index in [4.69, 9.17) is 10.6 Å². The Morgan fingerprint density at radius 2 is 1.94 bits per heavy atom. The molecule has 5 heteroatoms. The van der Waals surface area contributed by atoms with Crippen molar-refractivity contribution in [1.82, 2.24) is 15.4 Å². The first-order valence-corrected chi connectivity index (χ1v) is 6.52. The van der Waals surface area contributed by atoms with Gasteiger partial charge in [0.2, 0.25) is 5.88 Å². The van der Waals surface area contributed by atoms with Crippen molar-refractivity contribution >= 4 is 0 Å². The minimum Gasteiger partial charge on any atom is -0.480 e. The van der Waals surface area contributed by atoms with E-state index in [1.54, 1.807) is 19.5 Å². The second-order valence-corrected chi connectivity index (χ2v) is 5.27. The molecule has 1 aromatic rings. The van der Waals surface area contributed by atoms with E-state index in [1.807, 2.05) is 0 Å². The van der Waals surface area contributed by atoms with Crippen LogP contribution in [0.3, 0.4) is 0 Å². The van der Waals surface area contributed by atoms with Gasteiger partial charge in [-0.1, -0.05) is 26.2 Å². The topological polar surface area (TPSA) is 73.1 Å². The molecule has 1 aliphatic carbocycles. The minimum atomic E-state index is -0.0125. The van der Waals surface area contributed by atoms with E-state index < -0.39 is 0 Å². The summed E-state index contributed by atoms with van der Waals surface area (Å²) >= 11 is 0. The Bertz CT molecular complexity index is 390. The van der Waals surface area contributed by atoms with Crippen molar-refractivity contribution in [2.24, 2.45) is 11.3 Å². The Morgan fingerprint density at radius 1 is 1.28 bits per heavy atom. The summed E-state index contributed by atoms with van der Waals surface area (Å²) in [5, 5.41) is 0. The van der Waals surface area contributed by atoms with Crippen molar-refractivity contribution in [2.75, 3.05) is 7.11 Å². The zero-order valence-electron chi connectivity index (χ0n) is 11.1. The van der Waals surface area contributed by atoms with Crippen molar-refractivity contribution in [2.45, 2.75) is 45.1 Å². The summed E-state index contributed by atoms with van der Waals surface area (Å²) in [6, 6.07) is -0.0125. The third kappa shape index (κ3) is 2.47. The van der Waals surface area contributed by atoms with Gasteiger partial charge in [-0.2, -0.15) is 0 Å². The second-order valence-electron chi connectivity index (χ2n) is 5.27. The van der Waals surface area contributed by atoms with E-state index in [-0.39, 0.29) is 11.5 Å². The summed E-state index contributed by atoms with van der Waals surface area (Å²) in [4.78, 5) is 8.62. The first-order valence-electron chi connectivity index (χ1n) is 6.52. The van der Waals surface area contributed by atoms with E-state index >= 15 is 0 Å². The maximum absolute atomic E-state index is 5.77. The van der Waals surface area contributed by atoms with Crippen molar-refractivity contribution in [3.63, 3.8) is 0 Å². The number of hydrogen-bond donors (Lipinski definition) is 2. The number of hydrazine groups is 1. The Kier molecular flexibility index (Phi) is 4.14. The number of ether oxygens (including phenoxy) is 1. The molecular formula is C13H22N4O. The molecule has 1 unspecified atom stereocenters. The first-order chi connectivity index (χ1) is 8.71. The number of rotatable bonds is 4. The lowest BCUT2D eigenvalue weighted by molar-refractivity contribution is 0.139. The van der Waals surface area contributed by atoms with Crippen LogP contribution in [-0.4, -0.2) is 17.1 Å². The standard InChI is InChI=1S/C13H22N4O/c1-13(6-4-3-5-7-13)11(17-14)10-12(18-2)16-9-8-15-10/h8-9,11,17H,3-7,14H2,1-2H3. The van der Waals surface area contributed by atoms with E-state index in [9.17, 15) is 0 Å². The van der Waals surface area contributed by atoms with E-state index in [2.05, 4.69) is 22.3 Å². The highest BCUT2D eigenvalue weighted by molar-refractivity contribution is 5.23. The van der Waals surface area contributed by atoms with Gasteiger partial charge in [0.15, 0.2) is 0 Å². The summed E-state index contributed by atoms with van der Waals surface area (Å²) < 4.78 is 5.29. The van der Waals surface area contributed by atoms with Gasteiger partial charge in [-0.15, -0.1) is 0 Å². The van der Waals surface area contributed by atoms with E-state index in [1.165, 1.54) is 19.3 Å². The molecule has 5 nitrogen and oxygen atoms in total. The maximum Gasteiger partial charge on any atom is 0.237 e. The first kappa shape index (κ1) is 13.2. The highest BCUT2D eigenvalue weighted by Crippen LogP contribution is 2.46. The lowest BCUT2D eigenvalue weighted by Crippen LogP contribution is -2.41. The molecule has 100 valence electrons. The van der Waals surface area contributed by atoms with Crippen LogP contribution < -0.4 is 16.0 Å². The molecule has 18 heavy (non-hydrogen) atoms. The molecule has 1 saturated carbocycles. The number of aromatic nitrogens is 2.